The molecular weight excluding hydrogens is 444 g/mol. The quantitative estimate of drug-likeness (QED) is 0.210. The van der Waals surface area contributed by atoms with Crippen LogP contribution in [0.15, 0.2) is 53.5 Å². The van der Waals surface area contributed by atoms with Crippen LogP contribution in [-0.4, -0.2) is 56.7 Å². The number of amidine groups is 1. The summed E-state index contributed by atoms with van der Waals surface area (Å²) in [5.74, 6) is -1.03. The lowest BCUT2D eigenvalue weighted by Gasteiger charge is -2.13. The molecule has 2 N–H and O–H groups in total. The minimum atomic E-state index is -3.67. The fraction of sp³-hybridized carbons (Fsp3) is 0.211. The number of anilines is 1. The standard InChI is InChI=1S/C19H18N4O8S/c1-32(28,29)30-11-14-10-22(19(25)31-14)13-8-6-12(7-9-13)17(20)21-18(24)15-4-2-3-5-16(15)23(26)27/h2-9,14H,10-11H2,1H3,(H2,20,21,24). The van der Waals surface area contributed by atoms with Gasteiger partial charge in [0.1, 0.15) is 24.1 Å². The van der Waals surface area contributed by atoms with Crippen LogP contribution in [0.1, 0.15) is 15.9 Å². The van der Waals surface area contributed by atoms with Gasteiger partial charge in [0, 0.05) is 17.3 Å². The molecule has 32 heavy (non-hydrogen) atoms. The molecule has 0 spiro atoms. The topological polar surface area (TPSA) is 172 Å². The van der Waals surface area contributed by atoms with E-state index in [2.05, 4.69) is 9.18 Å². The molecule has 12 nitrogen and oxygen atoms in total. The van der Waals surface area contributed by atoms with Crippen LogP contribution in [0.3, 0.4) is 0 Å². The van der Waals surface area contributed by atoms with Crippen molar-refractivity contribution < 1.29 is 31.9 Å². The summed E-state index contributed by atoms with van der Waals surface area (Å²) < 4.78 is 31.9. The third-order valence-corrected chi connectivity index (χ3v) is 4.93. The summed E-state index contributed by atoms with van der Waals surface area (Å²) in [6.45, 7) is -0.222. The second-order valence-corrected chi connectivity index (χ2v) is 8.37. The molecule has 2 aromatic carbocycles. The molecule has 13 heteroatoms. The number of aliphatic imine (C=N–C) groups is 1. The van der Waals surface area contributed by atoms with E-state index < -0.39 is 33.1 Å². The number of nitro benzene ring substituents is 1. The smallest absolute Gasteiger partial charge is 0.414 e. The van der Waals surface area contributed by atoms with Gasteiger partial charge >= 0.3 is 6.09 Å². The van der Waals surface area contributed by atoms with Crippen molar-refractivity contribution in [2.24, 2.45) is 10.7 Å². The predicted molar refractivity (Wildman–Crippen MR) is 113 cm³/mol. The highest BCUT2D eigenvalue weighted by atomic mass is 32.2. The summed E-state index contributed by atoms with van der Waals surface area (Å²) in [5.41, 5.74) is 6.09. The summed E-state index contributed by atoms with van der Waals surface area (Å²) in [5, 5.41) is 11.1. The van der Waals surface area contributed by atoms with Gasteiger partial charge in [0.2, 0.25) is 0 Å². The Hall–Kier alpha value is -3.84. The molecule has 0 saturated carbocycles. The van der Waals surface area contributed by atoms with E-state index >= 15 is 0 Å². The van der Waals surface area contributed by atoms with Gasteiger partial charge in [-0.2, -0.15) is 13.4 Å². The molecule has 168 valence electrons. The largest absolute Gasteiger partial charge is 0.441 e. The number of amides is 2. The van der Waals surface area contributed by atoms with Gasteiger partial charge in [-0.25, -0.2) is 4.79 Å². The van der Waals surface area contributed by atoms with E-state index in [9.17, 15) is 28.1 Å². The number of ether oxygens (including phenoxy) is 1. The van der Waals surface area contributed by atoms with Gasteiger partial charge in [-0.05, 0) is 30.3 Å². The zero-order valence-electron chi connectivity index (χ0n) is 16.7. The molecule has 3 rings (SSSR count). The molecule has 1 saturated heterocycles. The zero-order valence-corrected chi connectivity index (χ0v) is 17.5. The number of hydrogen-bond donors (Lipinski definition) is 1. The maximum atomic E-state index is 12.3. The highest BCUT2D eigenvalue weighted by molar-refractivity contribution is 7.85. The maximum Gasteiger partial charge on any atom is 0.414 e. The molecule has 1 atom stereocenters. The molecule has 1 aliphatic heterocycles. The van der Waals surface area contributed by atoms with Gasteiger partial charge in [-0.1, -0.05) is 12.1 Å². The van der Waals surface area contributed by atoms with E-state index in [0.717, 1.165) is 6.26 Å². The first kappa shape index (κ1) is 22.8. The molecule has 0 aromatic heterocycles. The molecule has 1 heterocycles. The van der Waals surface area contributed by atoms with Crippen molar-refractivity contribution >= 4 is 39.3 Å². The number of nitro groups is 1. The van der Waals surface area contributed by atoms with E-state index in [1.807, 2.05) is 0 Å². The van der Waals surface area contributed by atoms with Gasteiger partial charge in [0.15, 0.2) is 0 Å². The van der Waals surface area contributed by atoms with Crippen LogP contribution in [0.25, 0.3) is 0 Å². The minimum Gasteiger partial charge on any atom is -0.441 e. The number of cyclic esters (lactones) is 1. The van der Waals surface area contributed by atoms with Gasteiger partial charge in [0.05, 0.1) is 17.7 Å². The maximum absolute atomic E-state index is 12.3. The van der Waals surface area contributed by atoms with Crippen LogP contribution in [0, 0.1) is 10.1 Å². The molecule has 2 amide bonds. The Balaban J connectivity index is 1.72. The van der Waals surface area contributed by atoms with Gasteiger partial charge in [-0.3, -0.25) is 24.0 Å². The van der Waals surface area contributed by atoms with E-state index in [-0.39, 0.29) is 30.2 Å². The van der Waals surface area contributed by atoms with Crippen LogP contribution in [0.5, 0.6) is 0 Å². The summed E-state index contributed by atoms with van der Waals surface area (Å²) in [6.07, 6.45) is -0.539. The van der Waals surface area contributed by atoms with Gasteiger partial charge in [-0.15, -0.1) is 0 Å². The lowest BCUT2D eigenvalue weighted by molar-refractivity contribution is -0.385. The summed E-state index contributed by atoms with van der Waals surface area (Å²) in [4.78, 5) is 39.8. The van der Waals surface area contributed by atoms with Gasteiger partial charge in [0.25, 0.3) is 21.7 Å². The van der Waals surface area contributed by atoms with Crippen LogP contribution in [0.2, 0.25) is 0 Å². The Morgan fingerprint density at radius 1 is 1.28 bits per heavy atom. The number of hydrogen-bond acceptors (Lipinski definition) is 8. The molecular formula is C19H18N4O8S. The highest BCUT2D eigenvalue weighted by Gasteiger charge is 2.33. The van der Waals surface area contributed by atoms with Crippen LogP contribution >= 0.6 is 0 Å². The molecule has 1 aliphatic rings. The van der Waals surface area contributed by atoms with Crippen molar-refractivity contribution in [1.82, 2.24) is 0 Å². The molecule has 0 bridgehead atoms. The number of carbonyl (C=O) groups excluding carboxylic acids is 2. The minimum absolute atomic E-state index is 0.0768. The van der Waals surface area contributed by atoms with Crippen molar-refractivity contribution in [3.05, 3.63) is 69.8 Å². The van der Waals surface area contributed by atoms with E-state index in [1.54, 1.807) is 0 Å². The predicted octanol–water partition coefficient (Wildman–Crippen LogP) is 1.44. The van der Waals surface area contributed by atoms with Gasteiger partial charge < -0.3 is 10.5 Å². The highest BCUT2D eigenvalue weighted by Crippen LogP contribution is 2.23. The average Bonchev–Trinajstić information content (AvgIpc) is 3.12. The normalized spacial score (nSPS) is 16.7. The SMILES string of the molecule is CS(=O)(=O)OCC1CN(c2ccc(C(N)=NC(=O)c3ccccc3[N+](=O)[O-])cc2)C(=O)O1. The van der Waals surface area contributed by atoms with Crippen LogP contribution < -0.4 is 10.6 Å². The van der Waals surface area contributed by atoms with Crippen molar-refractivity contribution in [1.29, 1.82) is 0 Å². The molecule has 2 aromatic rings. The van der Waals surface area contributed by atoms with Crippen LogP contribution in [0.4, 0.5) is 16.2 Å². The summed E-state index contributed by atoms with van der Waals surface area (Å²) in [6, 6.07) is 11.5. The molecule has 0 radical (unpaired) electrons. The average molecular weight is 462 g/mol. The molecule has 0 aliphatic carbocycles. The Bertz CT molecular complexity index is 1190. The lowest BCUT2D eigenvalue weighted by Crippen LogP contribution is -2.26. The van der Waals surface area contributed by atoms with Crippen molar-refractivity contribution in [2.75, 3.05) is 24.3 Å². The fourth-order valence-electron chi connectivity index (χ4n) is 2.88. The third-order valence-electron chi connectivity index (χ3n) is 4.37. The first-order chi connectivity index (χ1) is 15.0. The summed E-state index contributed by atoms with van der Waals surface area (Å²) >= 11 is 0. The van der Waals surface area contributed by atoms with Crippen molar-refractivity contribution in [3.8, 4) is 0 Å². The second-order valence-electron chi connectivity index (χ2n) is 6.73. The Kier molecular flexibility index (Phi) is 6.50. The number of para-hydroxylation sites is 1. The number of nitrogens with zero attached hydrogens (tertiary/aromatic N) is 3. The van der Waals surface area contributed by atoms with Crippen molar-refractivity contribution in [3.63, 3.8) is 0 Å². The van der Waals surface area contributed by atoms with E-state index in [0.29, 0.717) is 11.3 Å². The fourth-order valence-corrected chi connectivity index (χ4v) is 3.28. The Morgan fingerprint density at radius 3 is 2.56 bits per heavy atom. The molecule has 1 fully saturated rings. The number of rotatable bonds is 7. The Morgan fingerprint density at radius 2 is 1.94 bits per heavy atom. The third kappa shape index (κ3) is 5.44. The second kappa shape index (κ2) is 9.11. The lowest BCUT2D eigenvalue weighted by atomic mass is 10.1. The number of benzene rings is 2. The van der Waals surface area contributed by atoms with Crippen molar-refractivity contribution in [2.45, 2.75) is 6.10 Å². The first-order valence-electron chi connectivity index (χ1n) is 9.10. The van der Waals surface area contributed by atoms with E-state index in [4.69, 9.17) is 10.5 Å². The zero-order chi connectivity index (χ0) is 23.5. The number of nitrogens with two attached hydrogens (primary N) is 1. The molecule has 1 unspecified atom stereocenters. The van der Waals surface area contributed by atoms with Crippen LogP contribution in [-0.2, 0) is 19.0 Å². The van der Waals surface area contributed by atoms with E-state index in [1.165, 1.54) is 53.4 Å². The first-order valence-corrected chi connectivity index (χ1v) is 10.9. The number of carbonyl (C=O) groups is 2. The monoisotopic (exact) mass is 462 g/mol. The Labute approximate surface area is 182 Å². The summed E-state index contributed by atoms with van der Waals surface area (Å²) in [7, 11) is -3.67.